The lowest BCUT2D eigenvalue weighted by Gasteiger charge is -2.35. The van der Waals surface area contributed by atoms with E-state index in [9.17, 15) is 0 Å². The number of aromatic nitrogens is 2. The maximum absolute atomic E-state index is 2.52. The summed E-state index contributed by atoms with van der Waals surface area (Å²) in [5.74, 6) is 0. The Bertz CT molecular complexity index is 8300. The van der Waals surface area contributed by atoms with E-state index in [1.165, 1.54) is 172 Å². The number of fused-ring (bicyclic) bond motifs is 22. The van der Waals surface area contributed by atoms with Gasteiger partial charge in [-0.25, -0.2) is 0 Å². The lowest BCUT2D eigenvalue weighted by atomic mass is 9.67. The summed E-state index contributed by atoms with van der Waals surface area (Å²) in [6.45, 7) is 0. The Labute approximate surface area is 725 Å². The predicted octanol–water partition coefficient (Wildman–Crippen LogP) is 32.3. The highest BCUT2D eigenvalue weighted by atomic mass is 32.1. The fourth-order valence-electron chi connectivity index (χ4n) is 21.3. The molecule has 0 atom stereocenters. The van der Waals surface area contributed by atoms with Gasteiger partial charge >= 0.3 is 0 Å². The maximum atomic E-state index is 2.52. The Hall–Kier alpha value is -15.4. The minimum atomic E-state index is -0.563. The third kappa shape index (κ3) is 10.8. The molecule has 20 aromatic carbocycles. The van der Waals surface area contributed by atoms with Crippen LogP contribution in [0.1, 0.15) is 44.5 Å². The van der Waals surface area contributed by atoms with Gasteiger partial charge in [-0.15, -0.1) is 22.7 Å². The smallest absolute Gasteiger partial charge is 0.0714 e. The van der Waals surface area contributed by atoms with Crippen molar-refractivity contribution in [2.75, 3.05) is 9.80 Å². The van der Waals surface area contributed by atoms with Crippen LogP contribution in [-0.4, -0.2) is 9.13 Å². The first-order valence-corrected chi connectivity index (χ1v) is 44.3. The van der Waals surface area contributed by atoms with Crippen molar-refractivity contribution in [1.29, 1.82) is 0 Å². The van der Waals surface area contributed by atoms with Gasteiger partial charge in [0.1, 0.15) is 0 Å². The Morgan fingerprint density at radius 1 is 0.202 bits per heavy atom. The molecule has 0 bridgehead atoms. The van der Waals surface area contributed by atoms with Crippen LogP contribution in [0.25, 0.3) is 139 Å². The normalized spacial score (nSPS) is 13.0. The van der Waals surface area contributed by atoms with Gasteiger partial charge in [0.2, 0.25) is 0 Å². The van der Waals surface area contributed by atoms with E-state index in [4.69, 9.17) is 0 Å². The van der Waals surface area contributed by atoms with E-state index < -0.39 is 10.8 Å². The molecule has 0 aliphatic heterocycles. The van der Waals surface area contributed by atoms with Crippen molar-refractivity contribution in [2.24, 2.45) is 0 Å². The van der Waals surface area contributed by atoms with Crippen molar-refractivity contribution < 1.29 is 0 Å². The highest BCUT2D eigenvalue weighted by molar-refractivity contribution is 7.26. The van der Waals surface area contributed by atoms with E-state index in [1.54, 1.807) is 0 Å². The second-order valence-corrected chi connectivity index (χ2v) is 35.0. The summed E-state index contributed by atoms with van der Waals surface area (Å²) in [4.78, 5) is 5.00. The molecule has 4 heterocycles. The van der Waals surface area contributed by atoms with Gasteiger partial charge in [-0.1, -0.05) is 346 Å². The lowest BCUT2D eigenvalue weighted by molar-refractivity contribution is 0.769. The SMILES string of the molecule is c1ccc(-n2c3ccccc3c3ccc(N(c4ccc5c(c4)C(c4ccccc4)(c4ccccc4)c4ccc6ccccc6c4-5)c4ccc5c(c4)sc4ccccc45)cc32)cc1.c1ccc(-n2c3ccccc3c3ccc(N(c4ccc5c(c4)C(c4ccccc4)(c4ccccc4)c4ccc6ccccc6c4-5)c4cccc5c4sc4ccccc45)cc32)cc1. The van der Waals surface area contributed by atoms with Crippen LogP contribution in [0.15, 0.2) is 461 Å². The number of benzene rings is 20. The molecule has 0 saturated heterocycles. The fourth-order valence-corrected chi connectivity index (χ4v) is 23.7. The van der Waals surface area contributed by atoms with Crippen molar-refractivity contribution in [1.82, 2.24) is 9.13 Å². The molecular formula is C118H76N4S2. The summed E-state index contributed by atoms with van der Waals surface area (Å²) in [6.07, 6.45) is 0. The van der Waals surface area contributed by atoms with Crippen molar-refractivity contribution >= 4 is 162 Å². The molecule has 26 rings (SSSR count). The molecule has 0 amide bonds. The van der Waals surface area contributed by atoms with Crippen LogP contribution in [-0.2, 0) is 10.8 Å². The molecule has 6 heteroatoms. The molecule has 0 unspecified atom stereocenters. The van der Waals surface area contributed by atoms with Gasteiger partial charge in [-0.3, -0.25) is 0 Å². The second-order valence-electron chi connectivity index (χ2n) is 32.8. The van der Waals surface area contributed by atoms with Crippen molar-refractivity contribution in [3.63, 3.8) is 0 Å². The predicted molar refractivity (Wildman–Crippen MR) is 526 cm³/mol. The summed E-state index contributed by atoms with van der Waals surface area (Å²) in [5.41, 5.74) is 28.0. The van der Waals surface area contributed by atoms with Crippen LogP contribution in [0.5, 0.6) is 0 Å². The molecule has 124 heavy (non-hydrogen) atoms. The molecule has 2 aliphatic rings. The van der Waals surface area contributed by atoms with Crippen LogP contribution in [0.3, 0.4) is 0 Å². The minimum Gasteiger partial charge on any atom is -0.310 e. The number of hydrogen-bond donors (Lipinski definition) is 0. The standard InChI is InChI=1S/2C59H38N2S/c1-4-18-40(19-5-1)59(41-20-6-2-7-21-41)51-36-31-39-17-10-11-24-45(39)57(51)50-35-33-43(37-52(50)59)60(54-29-16-27-49-48-26-13-15-30-56(48)62-58(49)54)44-32-34-47-46-25-12-14-28-53(46)61(55(47)38-44)42-22-8-3-9-23-42;1-4-17-40(18-5-1)59(41-19-6-2-7-20-41)52-35-28-39-16-10-11-23-46(39)58(52)51-34-31-43(36-53(51)59)60(45-30-33-50-49-25-13-15-27-56(49)62-57(50)38-45)44-29-32-48-47-24-12-14-26-54(47)61(55(48)37-44)42-21-8-3-9-22-42/h2*1-38H. The Morgan fingerprint density at radius 2 is 0.540 bits per heavy atom. The van der Waals surface area contributed by atoms with Crippen molar-refractivity contribution in [2.45, 2.75) is 10.8 Å². The quantitative estimate of drug-likeness (QED) is 0.121. The molecule has 2 aliphatic carbocycles. The first-order valence-electron chi connectivity index (χ1n) is 42.7. The van der Waals surface area contributed by atoms with Gasteiger partial charge in [-0.2, -0.15) is 0 Å². The van der Waals surface area contributed by atoms with E-state index in [0.29, 0.717) is 0 Å². The number of para-hydroxylation sites is 4. The summed E-state index contributed by atoms with van der Waals surface area (Å²) >= 11 is 3.74. The number of anilines is 6. The molecular weight excluding hydrogens is 1540 g/mol. The summed E-state index contributed by atoms with van der Waals surface area (Å²) < 4.78 is 9.98. The molecule has 0 N–H and O–H groups in total. The van der Waals surface area contributed by atoms with Crippen LogP contribution >= 0.6 is 22.7 Å². The minimum absolute atomic E-state index is 0.558. The topological polar surface area (TPSA) is 16.3 Å². The molecule has 4 aromatic heterocycles. The van der Waals surface area contributed by atoms with Gasteiger partial charge in [-0.05, 0) is 204 Å². The van der Waals surface area contributed by atoms with E-state index in [-0.39, 0.29) is 0 Å². The van der Waals surface area contributed by atoms with Gasteiger partial charge in [0.25, 0.3) is 0 Å². The Kier molecular flexibility index (Phi) is 16.5. The van der Waals surface area contributed by atoms with E-state index in [1.807, 2.05) is 22.7 Å². The van der Waals surface area contributed by atoms with Crippen LogP contribution < -0.4 is 9.80 Å². The average Bonchev–Trinajstić information content (AvgIpc) is 1.53. The summed E-state index contributed by atoms with van der Waals surface area (Å²) in [6, 6.07) is 171. The third-order valence-electron chi connectivity index (χ3n) is 26.5. The largest absolute Gasteiger partial charge is 0.310 e. The molecule has 0 fully saturated rings. The zero-order chi connectivity index (χ0) is 81.6. The maximum Gasteiger partial charge on any atom is 0.0714 e. The molecule has 0 radical (unpaired) electrons. The number of nitrogens with zero attached hydrogens (tertiary/aromatic N) is 4. The van der Waals surface area contributed by atoms with E-state index >= 15 is 0 Å². The second kappa shape index (κ2) is 28.6. The highest BCUT2D eigenvalue weighted by Crippen LogP contribution is 2.62. The Morgan fingerprint density at radius 3 is 1.02 bits per heavy atom. The summed E-state index contributed by atoms with van der Waals surface area (Å²) in [7, 11) is 0. The molecule has 24 aromatic rings. The number of rotatable bonds is 12. The molecule has 580 valence electrons. The van der Waals surface area contributed by atoms with Gasteiger partial charge in [0, 0.05) is 97.0 Å². The third-order valence-corrected chi connectivity index (χ3v) is 28.8. The molecule has 0 spiro atoms. The molecule has 0 saturated carbocycles. The molecule has 4 nitrogen and oxygen atoms in total. The fraction of sp³-hybridized carbons (Fsp3) is 0.0169. The van der Waals surface area contributed by atoms with Crippen LogP contribution in [0, 0.1) is 0 Å². The Balaban J connectivity index is 0.000000136. The average molecular weight is 1610 g/mol. The van der Waals surface area contributed by atoms with E-state index in [0.717, 1.165) is 45.5 Å². The highest BCUT2D eigenvalue weighted by Gasteiger charge is 2.49. The van der Waals surface area contributed by atoms with E-state index in [2.05, 4.69) is 480 Å². The lowest BCUT2D eigenvalue weighted by Crippen LogP contribution is -2.28. The first kappa shape index (κ1) is 71.5. The van der Waals surface area contributed by atoms with Gasteiger partial charge in [0.05, 0.1) is 43.3 Å². The van der Waals surface area contributed by atoms with Crippen LogP contribution in [0.4, 0.5) is 34.1 Å². The van der Waals surface area contributed by atoms with Gasteiger partial charge in [0.15, 0.2) is 0 Å². The van der Waals surface area contributed by atoms with Crippen molar-refractivity contribution in [3.8, 4) is 33.6 Å². The summed E-state index contributed by atoms with van der Waals surface area (Å²) in [5, 5.41) is 15.2. The zero-order valence-corrected chi connectivity index (χ0v) is 69.1. The number of hydrogen-bond acceptors (Lipinski definition) is 4. The monoisotopic (exact) mass is 1610 g/mol. The van der Waals surface area contributed by atoms with Crippen molar-refractivity contribution in [3.05, 3.63) is 506 Å². The first-order chi connectivity index (χ1) is 61.5. The van der Waals surface area contributed by atoms with Crippen LogP contribution in [0.2, 0.25) is 0 Å². The van der Waals surface area contributed by atoms with Gasteiger partial charge < -0.3 is 18.9 Å². The zero-order valence-electron chi connectivity index (χ0n) is 67.5. The number of thiophene rings is 2.